The van der Waals surface area contributed by atoms with E-state index in [0.29, 0.717) is 15.8 Å². The van der Waals surface area contributed by atoms with Crippen LogP contribution in [0.5, 0.6) is 0 Å². The lowest BCUT2D eigenvalue weighted by Crippen LogP contribution is -2.20. The summed E-state index contributed by atoms with van der Waals surface area (Å²) in [5.74, 6) is 1.31. The molecule has 0 spiro atoms. The van der Waals surface area contributed by atoms with Gasteiger partial charge < -0.3 is 14.6 Å². The first-order chi connectivity index (χ1) is 12.9. The third-order valence-corrected chi connectivity index (χ3v) is 6.42. The summed E-state index contributed by atoms with van der Waals surface area (Å²) in [6.45, 7) is 9.96. The highest BCUT2D eigenvalue weighted by molar-refractivity contribution is 9.10. The molecule has 0 unspecified atom stereocenters. The van der Waals surface area contributed by atoms with Crippen molar-refractivity contribution < 1.29 is 9.21 Å². The van der Waals surface area contributed by atoms with E-state index >= 15 is 0 Å². The highest BCUT2D eigenvalue weighted by Crippen LogP contribution is 2.31. The minimum absolute atomic E-state index is 0.162. The molecule has 0 radical (unpaired) electrons. The van der Waals surface area contributed by atoms with Gasteiger partial charge in [0, 0.05) is 29.7 Å². The van der Waals surface area contributed by atoms with E-state index in [-0.39, 0.29) is 5.91 Å². The Hall–Kier alpha value is -1.99. The fourth-order valence-corrected chi connectivity index (χ4v) is 3.89. The first-order valence-electron chi connectivity index (χ1n) is 8.82. The van der Waals surface area contributed by atoms with Gasteiger partial charge in [0.05, 0.1) is 10.6 Å². The van der Waals surface area contributed by atoms with Crippen molar-refractivity contribution in [2.75, 3.05) is 18.0 Å². The Morgan fingerprint density at radius 2 is 1.89 bits per heavy atom. The van der Waals surface area contributed by atoms with E-state index in [1.165, 1.54) is 11.8 Å². The van der Waals surface area contributed by atoms with Gasteiger partial charge in [-0.05, 0) is 68.8 Å². The van der Waals surface area contributed by atoms with Gasteiger partial charge in [-0.1, -0.05) is 15.9 Å². The van der Waals surface area contributed by atoms with Gasteiger partial charge in [0.15, 0.2) is 11.1 Å². The van der Waals surface area contributed by atoms with Gasteiger partial charge in [-0.2, -0.15) is 0 Å². The van der Waals surface area contributed by atoms with Crippen LogP contribution in [0.4, 0.5) is 11.6 Å². The number of hydrogen-bond donors (Lipinski definition) is 1. The van der Waals surface area contributed by atoms with Gasteiger partial charge >= 0.3 is 0 Å². The van der Waals surface area contributed by atoms with E-state index in [9.17, 15) is 4.79 Å². The van der Waals surface area contributed by atoms with E-state index in [0.717, 1.165) is 40.3 Å². The standard InChI is InChI=1S/C20H22BrN3O2S/c1-5-24(6-2)17-8-7-15(26-17)11-16-19(25)23-20(27-16)22-14-9-12(3)18(21)13(4)10-14/h7-11H,5-6H2,1-4H3,(H,22,23,25)/b16-11+. The number of amides is 1. The summed E-state index contributed by atoms with van der Waals surface area (Å²) in [6.07, 6.45) is 1.76. The number of thioether (sulfide) groups is 1. The van der Waals surface area contributed by atoms with Crippen LogP contribution >= 0.6 is 27.7 Å². The lowest BCUT2D eigenvalue weighted by Gasteiger charge is -2.16. The van der Waals surface area contributed by atoms with Crippen LogP contribution < -0.4 is 10.2 Å². The summed E-state index contributed by atoms with van der Waals surface area (Å²) >= 11 is 4.88. The molecule has 1 amide bonds. The highest BCUT2D eigenvalue weighted by atomic mass is 79.9. The van der Waals surface area contributed by atoms with E-state index in [1.807, 2.05) is 38.1 Å². The maximum atomic E-state index is 12.3. The SMILES string of the molecule is CCN(CC)c1ccc(/C=C2/SC(=Nc3cc(C)c(Br)c(C)c3)NC2=O)o1. The number of carbonyl (C=O) groups is 1. The molecule has 7 heteroatoms. The van der Waals surface area contributed by atoms with Gasteiger partial charge in [0.1, 0.15) is 5.76 Å². The van der Waals surface area contributed by atoms with Crippen molar-refractivity contribution in [2.45, 2.75) is 27.7 Å². The van der Waals surface area contributed by atoms with Crippen LogP contribution in [0.15, 0.2) is 43.1 Å². The molecule has 1 aromatic heterocycles. The Morgan fingerprint density at radius 1 is 1.22 bits per heavy atom. The van der Waals surface area contributed by atoms with Gasteiger partial charge in [-0.15, -0.1) is 0 Å². The Balaban J connectivity index is 1.80. The van der Waals surface area contributed by atoms with E-state index in [1.54, 1.807) is 6.08 Å². The fourth-order valence-electron chi connectivity index (χ4n) is 2.84. The quantitative estimate of drug-likeness (QED) is 0.623. The zero-order valence-electron chi connectivity index (χ0n) is 15.8. The molecule has 5 nitrogen and oxygen atoms in total. The number of aryl methyl sites for hydroxylation is 2. The Labute approximate surface area is 172 Å². The maximum Gasteiger partial charge on any atom is 0.264 e. The number of nitrogens with one attached hydrogen (secondary N) is 1. The van der Waals surface area contributed by atoms with Crippen molar-refractivity contribution >= 4 is 56.4 Å². The Bertz CT molecular complexity index is 906. The molecular weight excluding hydrogens is 426 g/mol. The molecule has 2 heterocycles. The number of rotatable bonds is 5. The molecule has 1 fully saturated rings. The summed E-state index contributed by atoms with van der Waals surface area (Å²) in [5.41, 5.74) is 3.04. The van der Waals surface area contributed by atoms with Crippen LogP contribution in [0.1, 0.15) is 30.7 Å². The molecule has 2 aromatic rings. The molecule has 1 saturated heterocycles. The van der Waals surface area contributed by atoms with Crippen molar-refractivity contribution in [3.63, 3.8) is 0 Å². The number of nitrogens with zero attached hydrogens (tertiary/aromatic N) is 2. The number of benzene rings is 1. The summed E-state index contributed by atoms with van der Waals surface area (Å²) < 4.78 is 6.93. The number of hydrogen-bond acceptors (Lipinski definition) is 5. The smallest absolute Gasteiger partial charge is 0.264 e. The lowest BCUT2D eigenvalue weighted by molar-refractivity contribution is -0.115. The monoisotopic (exact) mass is 447 g/mol. The highest BCUT2D eigenvalue weighted by Gasteiger charge is 2.24. The van der Waals surface area contributed by atoms with Crippen LogP contribution in [-0.4, -0.2) is 24.2 Å². The molecule has 1 aliphatic rings. The number of anilines is 1. The van der Waals surface area contributed by atoms with E-state index < -0.39 is 0 Å². The zero-order valence-corrected chi connectivity index (χ0v) is 18.2. The normalized spacial score (nSPS) is 17.0. The van der Waals surface area contributed by atoms with Gasteiger partial charge in [0.2, 0.25) is 0 Å². The average molecular weight is 448 g/mol. The molecule has 1 aliphatic heterocycles. The van der Waals surface area contributed by atoms with Gasteiger partial charge in [-0.3, -0.25) is 4.79 Å². The average Bonchev–Trinajstić information content (AvgIpc) is 3.21. The van der Waals surface area contributed by atoms with Crippen LogP contribution in [0, 0.1) is 13.8 Å². The largest absolute Gasteiger partial charge is 0.441 e. The molecule has 0 saturated carbocycles. The number of aliphatic imine (C=N–C) groups is 1. The Morgan fingerprint density at radius 3 is 2.52 bits per heavy atom. The molecule has 1 N–H and O–H groups in total. The second kappa shape index (κ2) is 8.35. The van der Waals surface area contributed by atoms with Crippen molar-refractivity contribution in [2.24, 2.45) is 4.99 Å². The molecule has 1 aromatic carbocycles. The molecule has 3 rings (SSSR count). The third-order valence-electron chi connectivity index (χ3n) is 4.26. The zero-order chi connectivity index (χ0) is 19.6. The van der Waals surface area contributed by atoms with E-state index in [2.05, 4.69) is 45.0 Å². The van der Waals surface area contributed by atoms with Crippen LogP contribution in [0.3, 0.4) is 0 Å². The first-order valence-corrected chi connectivity index (χ1v) is 10.4. The van der Waals surface area contributed by atoms with Crippen molar-refractivity contribution in [1.29, 1.82) is 0 Å². The molecule has 0 bridgehead atoms. The Kier molecular flexibility index (Phi) is 6.11. The molecule has 27 heavy (non-hydrogen) atoms. The van der Waals surface area contributed by atoms with Crippen molar-refractivity contribution in [1.82, 2.24) is 5.32 Å². The maximum absolute atomic E-state index is 12.3. The summed E-state index contributed by atoms with van der Waals surface area (Å²) in [5, 5.41) is 3.39. The van der Waals surface area contributed by atoms with Crippen LogP contribution in [0.2, 0.25) is 0 Å². The molecule has 0 atom stereocenters. The predicted molar refractivity (Wildman–Crippen MR) is 117 cm³/mol. The first kappa shape index (κ1) is 19.8. The number of halogens is 1. The number of carbonyl (C=O) groups excluding carboxylic acids is 1. The van der Waals surface area contributed by atoms with Gasteiger partial charge in [0.25, 0.3) is 5.91 Å². The second-order valence-corrected chi connectivity index (χ2v) is 8.05. The second-order valence-electron chi connectivity index (χ2n) is 6.22. The fraction of sp³-hybridized carbons (Fsp3) is 0.300. The lowest BCUT2D eigenvalue weighted by atomic mass is 10.1. The topological polar surface area (TPSA) is 57.8 Å². The van der Waals surface area contributed by atoms with Crippen LogP contribution in [0.25, 0.3) is 6.08 Å². The van der Waals surface area contributed by atoms with Gasteiger partial charge in [-0.25, -0.2) is 4.99 Å². The molecule has 142 valence electrons. The van der Waals surface area contributed by atoms with Crippen molar-refractivity contribution in [3.8, 4) is 0 Å². The molecular formula is C20H22BrN3O2S. The third kappa shape index (κ3) is 4.47. The van der Waals surface area contributed by atoms with E-state index in [4.69, 9.17) is 4.42 Å². The number of furan rings is 1. The predicted octanol–water partition coefficient (Wildman–Crippen LogP) is 5.40. The molecule has 0 aliphatic carbocycles. The minimum atomic E-state index is -0.162. The summed E-state index contributed by atoms with van der Waals surface area (Å²) in [6, 6.07) is 7.78. The summed E-state index contributed by atoms with van der Waals surface area (Å²) in [4.78, 5) is 19.5. The summed E-state index contributed by atoms with van der Waals surface area (Å²) in [7, 11) is 0. The van der Waals surface area contributed by atoms with Crippen molar-refractivity contribution in [3.05, 3.63) is 50.5 Å². The minimum Gasteiger partial charge on any atom is -0.441 e. The number of amidine groups is 1. The van der Waals surface area contributed by atoms with Crippen LogP contribution in [-0.2, 0) is 4.79 Å².